The molecular formula is C16H17ClN2O2. The lowest BCUT2D eigenvalue weighted by Gasteiger charge is -2.29. The molecule has 0 atom stereocenters. The number of rotatable bonds is 2. The molecule has 0 saturated carbocycles. The van der Waals surface area contributed by atoms with Crippen LogP contribution < -0.4 is 0 Å². The van der Waals surface area contributed by atoms with E-state index >= 15 is 0 Å². The minimum atomic E-state index is -0.918. The van der Waals surface area contributed by atoms with E-state index in [4.69, 9.17) is 11.6 Å². The standard InChI is InChI=1S/C16H17ClN2O2/c1-19-6-4-10(5-7-19)15-13(16(20)21)9-11-8-12(17)2-3-14(11)18-15/h2-3,8-10H,4-7H2,1H3,(H,20,21). The average Bonchev–Trinajstić information content (AvgIpc) is 2.46. The van der Waals surface area contributed by atoms with Crippen LogP contribution in [0.1, 0.15) is 34.8 Å². The number of carboxylic acids is 1. The Bertz CT molecular complexity index is 694. The topological polar surface area (TPSA) is 53.4 Å². The molecule has 4 nitrogen and oxygen atoms in total. The quantitative estimate of drug-likeness (QED) is 0.924. The van der Waals surface area contributed by atoms with Gasteiger partial charge in [-0.05, 0) is 57.2 Å². The van der Waals surface area contributed by atoms with Gasteiger partial charge in [0.25, 0.3) is 0 Å². The lowest BCUT2D eigenvalue weighted by atomic mass is 9.90. The molecule has 3 rings (SSSR count). The van der Waals surface area contributed by atoms with Gasteiger partial charge in [-0.2, -0.15) is 0 Å². The first kappa shape index (κ1) is 14.3. The van der Waals surface area contributed by atoms with Crippen LogP contribution in [-0.4, -0.2) is 41.1 Å². The maximum absolute atomic E-state index is 11.6. The molecule has 21 heavy (non-hydrogen) atoms. The van der Waals surface area contributed by atoms with Gasteiger partial charge in [0.1, 0.15) is 0 Å². The van der Waals surface area contributed by atoms with Gasteiger partial charge >= 0.3 is 5.97 Å². The predicted octanol–water partition coefficient (Wildman–Crippen LogP) is 3.40. The van der Waals surface area contributed by atoms with Crippen molar-refractivity contribution in [1.29, 1.82) is 0 Å². The summed E-state index contributed by atoms with van der Waals surface area (Å²) in [6.45, 7) is 1.95. The summed E-state index contributed by atoms with van der Waals surface area (Å²) in [4.78, 5) is 18.5. The van der Waals surface area contributed by atoms with Crippen molar-refractivity contribution in [3.63, 3.8) is 0 Å². The summed E-state index contributed by atoms with van der Waals surface area (Å²) >= 11 is 5.97. The van der Waals surface area contributed by atoms with Crippen LogP contribution in [0.2, 0.25) is 5.02 Å². The van der Waals surface area contributed by atoms with Gasteiger partial charge in [-0.3, -0.25) is 4.98 Å². The maximum atomic E-state index is 11.6. The second kappa shape index (κ2) is 5.62. The number of carboxylic acid groups (broad SMARTS) is 1. The average molecular weight is 305 g/mol. The van der Waals surface area contributed by atoms with Crippen LogP contribution in [0.25, 0.3) is 10.9 Å². The molecule has 5 heteroatoms. The molecule has 1 aliphatic rings. The summed E-state index contributed by atoms with van der Waals surface area (Å²) < 4.78 is 0. The van der Waals surface area contributed by atoms with Crippen molar-refractivity contribution in [1.82, 2.24) is 9.88 Å². The van der Waals surface area contributed by atoms with Gasteiger partial charge in [0.15, 0.2) is 0 Å². The van der Waals surface area contributed by atoms with Crippen molar-refractivity contribution in [2.24, 2.45) is 0 Å². The monoisotopic (exact) mass is 304 g/mol. The number of fused-ring (bicyclic) bond motifs is 1. The second-order valence-corrected chi connectivity index (χ2v) is 6.08. The van der Waals surface area contributed by atoms with Gasteiger partial charge < -0.3 is 10.0 Å². The Morgan fingerprint density at radius 1 is 1.33 bits per heavy atom. The Morgan fingerprint density at radius 2 is 2.05 bits per heavy atom. The lowest BCUT2D eigenvalue weighted by molar-refractivity contribution is 0.0694. The molecule has 0 amide bonds. The van der Waals surface area contributed by atoms with Gasteiger partial charge in [0, 0.05) is 16.3 Å². The van der Waals surface area contributed by atoms with Crippen LogP contribution in [0.3, 0.4) is 0 Å². The molecule has 0 radical (unpaired) electrons. The van der Waals surface area contributed by atoms with Crippen molar-refractivity contribution in [2.45, 2.75) is 18.8 Å². The molecule has 1 aromatic carbocycles. The number of halogens is 1. The van der Waals surface area contributed by atoms with Crippen LogP contribution in [0.15, 0.2) is 24.3 Å². The molecule has 1 N–H and O–H groups in total. The van der Waals surface area contributed by atoms with E-state index in [2.05, 4.69) is 16.9 Å². The van der Waals surface area contributed by atoms with Crippen LogP contribution in [0, 0.1) is 0 Å². The van der Waals surface area contributed by atoms with Crippen LogP contribution in [0.4, 0.5) is 0 Å². The van der Waals surface area contributed by atoms with Gasteiger partial charge in [-0.1, -0.05) is 11.6 Å². The molecule has 1 fully saturated rings. The summed E-state index contributed by atoms with van der Waals surface area (Å²) in [6.07, 6.45) is 1.89. The number of benzene rings is 1. The van der Waals surface area contributed by atoms with Crippen molar-refractivity contribution < 1.29 is 9.90 Å². The van der Waals surface area contributed by atoms with E-state index in [0.717, 1.165) is 36.8 Å². The fraction of sp³-hybridized carbons (Fsp3) is 0.375. The molecule has 2 heterocycles. The molecule has 1 aliphatic heterocycles. The van der Waals surface area contributed by atoms with Gasteiger partial charge in [-0.15, -0.1) is 0 Å². The predicted molar refractivity (Wildman–Crippen MR) is 83.2 cm³/mol. The zero-order chi connectivity index (χ0) is 15.0. The first-order valence-corrected chi connectivity index (χ1v) is 7.44. The highest BCUT2D eigenvalue weighted by Gasteiger charge is 2.25. The van der Waals surface area contributed by atoms with Crippen molar-refractivity contribution >= 4 is 28.5 Å². The Hall–Kier alpha value is -1.65. The minimum Gasteiger partial charge on any atom is -0.478 e. The third kappa shape index (κ3) is 2.87. The Morgan fingerprint density at radius 3 is 2.71 bits per heavy atom. The van der Waals surface area contributed by atoms with Crippen LogP contribution >= 0.6 is 11.6 Å². The Balaban J connectivity index is 2.09. The lowest BCUT2D eigenvalue weighted by Crippen LogP contribution is -2.30. The highest BCUT2D eigenvalue weighted by Crippen LogP contribution is 2.31. The van der Waals surface area contributed by atoms with Gasteiger partial charge in [-0.25, -0.2) is 4.79 Å². The minimum absolute atomic E-state index is 0.215. The molecule has 110 valence electrons. The number of carbonyl (C=O) groups is 1. The zero-order valence-corrected chi connectivity index (χ0v) is 12.6. The fourth-order valence-corrected chi connectivity index (χ4v) is 3.11. The smallest absolute Gasteiger partial charge is 0.337 e. The first-order valence-electron chi connectivity index (χ1n) is 7.06. The number of aromatic carboxylic acids is 1. The fourth-order valence-electron chi connectivity index (χ4n) is 2.93. The highest BCUT2D eigenvalue weighted by molar-refractivity contribution is 6.31. The summed E-state index contributed by atoms with van der Waals surface area (Å²) in [7, 11) is 2.09. The van der Waals surface area contributed by atoms with Crippen LogP contribution in [-0.2, 0) is 0 Å². The summed E-state index contributed by atoms with van der Waals surface area (Å²) in [5.41, 5.74) is 1.82. The van der Waals surface area contributed by atoms with E-state index in [1.807, 2.05) is 6.07 Å². The first-order chi connectivity index (χ1) is 10.0. The molecule has 1 aromatic heterocycles. The van der Waals surface area contributed by atoms with E-state index < -0.39 is 5.97 Å². The largest absolute Gasteiger partial charge is 0.478 e. The number of pyridine rings is 1. The third-order valence-electron chi connectivity index (χ3n) is 4.14. The Kier molecular flexibility index (Phi) is 3.83. The van der Waals surface area contributed by atoms with Gasteiger partial charge in [0.2, 0.25) is 0 Å². The zero-order valence-electron chi connectivity index (χ0n) is 11.8. The SMILES string of the molecule is CN1CCC(c2nc3ccc(Cl)cc3cc2C(=O)O)CC1. The normalized spacial score (nSPS) is 17.2. The molecule has 0 bridgehead atoms. The number of hydrogen-bond donors (Lipinski definition) is 1. The van der Waals surface area contributed by atoms with E-state index in [0.29, 0.717) is 16.3 Å². The third-order valence-corrected chi connectivity index (χ3v) is 4.38. The molecule has 0 spiro atoms. The summed E-state index contributed by atoms with van der Waals surface area (Å²) in [5.74, 6) is -0.703. The van der Waals surface area contributed by atoms with E-state index in [-0.39, 0.29) is 5.92 Å². The van der Waals surface area contributed by atoms with Crippen molar-refractivity contribution in [2.75, 3.05) is 20.1 Å². The molecule has 0 aliphatic carbocycles. The molecule has 2 aromatic rings. The molecule has 0 unspecified atom stereocenters. The number of hydrogen-bond acceptors (Lipinski definition) is 3. The number of aromatic nitrogens is 1. The Labute approximate surface area is 128 Å². The summed E-state index contributed by atoms with van der Waals surface area (Å²) in [6, 6.07) is 7.09. The van der Waals surface area contributed by atoms with E-state index in [1.165, 1.54) is 0 Å². The van der Waals surface area contributed by atoms with E-state index in [1.54, 1.807) is 18.2 Å². The van der Waals surface area contributed by atoms with Crippen molar-refractivity contribution in [3.8, 4) is 0 Å². The highest BCUT2D eigenvalue weighted by atomic mass is 35.5. The summed E-state index contributed by atoms with van der Waals surface area (Å²) in [5, 5.41) is 10.9. The number of nitrogens with zero attached hydrogens (tertiary/aromatic N) is 2. The number of likely N-dealkylation sites (tertiary alicyclic amines) is 1. The number of piperidine rings is 1. The van der Waals surface area contributed by atoms with E-state index in [9.17, 15) is 9.90 Å². The molecular weight excluding hydrogens is 288 g/mol. The van der Waals surface area contributed by atoms with Crippen LogP contribution in [0.5, 0.6) is 0 Å². The maximum Gasteiger partial charge on any atom is 0.337 e. The van der Waals surface area contributed by atoms with Gasteiger partial charge in [0.05, 0.1) is 16.8 Å². The second-order valence-electron chi connectivity index (χ2n) is 5.64. The molecule has 1 saturated heterocycles. The van der Waals surface area contributed by atoms with Crippen molar-refractivity contribution in [3.05, 3.63) is 40.5 Å².